The van der Waals surface area contributed by atoms with Gasteiger partial charge in [0.15, 0.2) is 0 Å². The van der Waals surface area contributed by atoms with Gasteiger partial charge in [0.2, 0.25) is 11.8 Å². The third kappa shape index (κ3) is 3.83. The van der Waals surface area contributed by atoms with Crippen LogP contribution in [0.4, 0.5) is 0 Å². The molecule has 0 radical (unpaired) electrons. The number of likely N-dealkylation sites (tertiary alicyclic amines) is 1. The summed E-state index contributed by atoms with van der Waals surface area (Å²) >= 11 is 0. The van der Waals surface area contributed by atoms with Gasteiger partial charge >= 0.3 is 0 Å². The Bertz CT molecular complexity index is 264. The van der Waals surface area contributed by atoms with Crippen LogP contribution in [0, 0.1) is 11.8 Å². The van der Waals surface area contributed by atoms with E-state index >= 15 is 0 Å². The van der Waals surface area contributed by atoms with Gasteiger partial charge in [0, 0.05) is 25.9 Å². The van der Waals surface area contributed by atoms with Gasteiger partial charge in [-0.2, -0.15) is 0 Å². The van der Waals surface area contributed by atoms with Gasteiger partial charge in [0.25, 0.3) is 0 Å². The van der Waals surface area contributed by atoms with Crippen LogP contribution in [0.15, 0.2) is 0 Å². The first-order valence-electron chi connectivity index (χ1n) is 6.06. The highest BCUT2D eigenvalue weighted by Gasteiger charge is 2.23. The number of carbonyl (C=O) groups excluding carboxylic acids is 2. The Morgan fingerprint density at radius 1 is 1.50 bits per heavy atom. The van der Waals surface area contributed by atoms with Crippen LogP contribution in [0.5, 0.6) is 0 Å². The topological polar surface area (TPSA) is 63.4 Å². The number of carbonyl (C=O) groups is 2. The van der Waals surface area contributed by atoms with Crippen LogP contribution in [0.1, 0.15) is 39.5 Å². The molecular formula is C12H22N2O2. The zero-order chi connectivity index (χ0) is 12.1. The zero-order valence-corrected chi connectivity index (χ0v) is 10.2. The fourth-order valence-electron chi connectivity index (χ4n) is 2.21. The summed E-state index contributed by atoms with van der Waals surface area (Å²) in [5.74, 6) is 1.09. The molecule has 1 rings (SSSR count). The van der Waals surface area contributed by atoms with E-state index in [1.807, 2.05) is 0 Å². The summed E-state index contributed by atoms with van der Waals surface area (Å²) in [6, 6.07) is 0. The second-order valence-electron chi connectivity index (χ2n) is 4.93. The first-order valence-corrected chi connectivity index (χ1v) is 6.06. The van der Waals surface area contributed by atoms with E-state index in [2.05, 4.69) is 13.8 Å². The molecule has 0 spiro atoms. The van der Waals surface area contributed by atoms with E-state index in [0.717, 1.165) is 19.4 Å². The highest BCUT2D eigenvalue weighted by molar-refractivity contribution is 5.78. The molecule has 0 aromatic carbocycles. The van der Waals surface area contributed by atoms with Crippen molar-refractivity contribution in [3.05, 3.63) is 0 Å². The van der Waals surface area contributed by atoms with Crippen molar-refractivity contribution in [1.82, 2.24) is 4.90 Å². The van der Waals surface area contributed by atoms with E-state index in [-0.39, 0.29) is 18.2 Å². The first-order chi connectivity index (χ1) is 7.50. The van der Waals surface area contributed by atoms with Gasteiger partial charge in [-0.05, 0) is 24.7 Å². The molecular weight excluding hydrogens is 204 g/mol. The highest BCUT2D eigenvalue weighted by Crippen LogP contribution is 2.25. The molecule has 0 bridgehead atoms. The van der Waals surface area contributed by atoms with Crippen LogP contribution in [0.3, 0.4) is 0 Å². The van der Waals surface area contributed by atoms with Gasteiger partial charge in [-0.25, -0.2) is 0 Å². The molecule has 1 saturated heterocycles. The molecule has 2 amide bonds. The van der Waals surface area contributed by atoms with Gasteiger partial charge in [-0.15, -0.1) is 0 Å². The molecule has 1 atom stereocenters. The van der Waals surface area contributed by atoms with Gasteiger partial charge in [0.05, 0.1) is 0 Å². The molecule has 1 heterocycles. The SMILES string of the molecule is CC(C)C1CCC(=O)N(CCC(N)=O)CC1. The second kappa shape index (κ2) is 5.87. The lowest BCUT2D eigenvalue weighted by molar-refractivity contribution is -0.131. The summed E-state index contributed by atoms with van der Waals surface area (Å²) in [6.07, 6.45) is 2.91. The van der Waals surface area contributed by atoms with Gasteiger partial charge in [-0.1, -0.05) is 13.8 Å². The van der Waals surface area contributed by atoms with Crippen molar-refractivity contribution in [3.8, 4) is 0 Å². The molecule has 2 N–H and O–H groups in total. The van der Waals surface area contributed by atoms with Crippen LogP contribution >= 0.6 is 0 Å². The monoisotopic (exact) mass is 226 g/mol. The summed E-state index contributed by atoms with van der Waals surface area (Å²) in [7, 11) is 0. The van der Waals surface area contributed by atoms with E-state index in [4.69, 9.17) is 5.73 Å². The Morgan fingerprint density at radius 3 is 2.75 bits per heavy atom. The Kier molecular flexibility index (Phi) is 4.77. The lowest BCUT2D eigenvalue weighted by atomic mass is 9.89. The van der Waals surface area contributed by atoms with Crippen LogP contribution in [0.2, 0.25) is 0 Å². The third-order valence-electron chi connectivity index (χ3n) is 3.42. The van der Waals surface area contributed by atoms with Crippen LogP contribution < -0.4 is 5.73 Å². The lowest BCUT2D eigenvalue weighted by Crippen LogP contribution is -2.33. The van der Waals surface area contributed by atoms with Crippen molar-refractivity contribution in [2.45, 2.75) is 39.5 Å². The van der Waals surface area contributed by atoms with E-state index in [1.54, 1.807) is 4.90 Å². The fraction of sp³-hybridized carbons (Fsp3) is 0.833. The molecule has 4 nitrogen and oxygen atoms in total. The predicted molar refractivity (Wildman–Crippen MR) is 62.6 cm³/mol. The number of nitrogens with zero attached hydrogens (tertiary/aromatic N) is 1. The molecule has 0 aliphatic carbocycles. The maximum absolute atomic E-state index is 11.8. The summed E-state index contributed by atoms with van der Waals surface area (Å²) < 4.78 is 0. The quantitative estimate of drug-likeness (QED) is 0.781. The molecule has 1 fully saturated rings. The number of hydrogen-bond donors (Lipinski definition) is 1. The molecule has 92 valence electrons. The van der Waals surface area contributed by atoms with E-state index < -0.39 is 0 Å². The van der Waals surface area contributed by atoms with Crippen molar-refractivity contribution < 1.29 is 9.59 Å². The van der Waals surface area contributed by atoms with Crippen LogP contribution in [0.25, 0.3) is 0 Å². The summed E-state index contributed by atoms with van der Waals surface area (Å²) in [6.45, 7) is 5.66. The standard InChI is InChI=1S/C12H22N2O2/c1-9(2)10-3-4-12(16)14(7-5-10)8-6-11(13)15/h9-10H,3-8H2,1-2H3,(H2,13,15). The minimum atomic E-state index is -0.336. The number of primary amides is 1. The lowest BCUT2D eigenvalue weighted by Gasteiger charge is -2.21. The third-order valence-corrected chi connectivity index (χ3v) is 3.42. The molecule has 16 heavy (non-hydrogen) atoms. The maximum Gasteiger partial charge on any atom is 0.222 e. The van der Waals surface area contributed by atoms with Crippen molar-refractivity contribution in [3.63, 3.8) is 0 Å². The average molecular weight is 226 g/mol. The van der Waals surface area contributed by atoms with E-state index in [1.165, 1.54) is 0 Å². The molecule has 0 aromatic heterocycles. The molecule has 1 unspecified atom stereocenters. The molecule has 0 aromatic rings. The van der Waals surface area contributed by atoms with Crippen molar-refractivity contribution >= 4 is 11.8 Å². The summed E-state index contributed by atoms with van der Waals surface area (Å²) in [5.41, 5.74) is 5.09. The average Bonchev–Trinajstić information content (AvgIpc) is 2.37. The Hall–Kier alpha value is -1.06. The van der Waals surface area contributed by atoms with Gasteiger partial charge < -0.3 is 10.6 Å². The zero-order valence-electron chi connectivity index (χ0n) is 10.2. The van der Waals surface area contributed by atoms with Crippen molar-refractivity contribution in [2.24, 2.45) is 17.6 Å². The fourth-order valence-corrected chi connectivity index (χ4v) is 2.21. The number of rotatable bonds is 4. The molecule has 4 heteroatoms. The second-order valence-corrected chi connectivity index (χ2v) is 4.93. The predicted octanol–water partition coefficient (Wildman–Crippen LogP) is 1.15. The normalized spacial score (nSPS) is 22.3. The maximum atomic E-state index is 11.8. The molecule has 0 saturated carbocycles. The molecule has 1 aliphatic heterocycles. The van der Waals surface area contributed by atoms with Crippen LogP contribution in [-0.4, -0.2) is 29.8 Å². The largest absolute Gasteiger partial charge is 0.370 e. The number of amides is 2. The number of hydrogen-bond acceptors (Lipinski definition) is 2. The van der Waals surface area contributed by atoms with Crippen LogP contribution in [-0.2, 0) is 9.59 Å². The Labute approximate surface area is 97.2 Å². The highest BCUT2D eigenvalue weighted by atomic mass is 16.2. The van der Waals surface area contributed by atoms with E-state index in [9.17, 15) is 9.59 Å². The Morgan fingerprint density at radius 2 is 2.19 bits per heavy atom. The summed E-state index contributed by atoms with van der Waals surface area (Å²) in [4.78, 5) is 24.2. The smallest absolute Gasteiger partial charge is 0.222 e. The number of nitrogens with two attached hydrogens (primary N) is 1. The minimum absolute atomic E-state index is 0.171. The van der Waals surface area contributed by atoms with E-state index in [0.29, 0.717) is 24.8 Å². The molecule has 1 aliphatic rings. The van der Waals surface area contributed by atoms with Crippen molar-refractivity contribution in [1.29, 1.82) is 0 Å². The van der Waals surface area contributed by atoms with Gasteiger partial charge in [0.1, 0.15) is 0 Å². The first kappa shape index (κ1) is 13.0. The summed E-state index contributed by atoms with van der Waals surface area (Å²) in [5, 5.41) is 0. The Balaban J connectivity index is 2.47. The minimum Gasteiger partial charge on any atom is -0.370 e. The van der Waals surface area contributed by atoms with Gasteiger partial charge in [-0.3, -0.25) is 9.59 Å². The van der Waals surface area contributed by atoms with Crippen molar-refractivity contribution in [2.75, 3.05) is 13.1 Å².